The summed E-state index contributed by atoms with van der Waals surface area (Å²) in [6.45, 7) is 6.63. The smallest absolute Gasteiger partial charge is 0.251 e. The van der Waals surface area contributed by atoms with E-state index in [0.29, 0.717) is 44.6 Å². The molecule has 0 saturated heterocycles. The summed E-state index contributed by atoms with van der Waals surface area (Å²) in [7, 11) is 0. The van der Waals surface area contributed by atoms with Gasteiger partial charge in [0.25, 0.3) is 5.91 Å². The molecule has 9 heteroatoms. The molecule has 45 heavy (non-hydrogen) atoms. The summed E-state index contributed by atoms with van der Waals surface area (Å²) in [4.78, 5) is 38.7. The van der Waals surface area contributed by atoms with Gasteiger partial charge in [-0.2, -0.15) is 0 Å². The first-order valence-corrected chi connectivity index (χ1v) is 15.5. The van der Waals surface area contributed by atoms with Gasteiger partial charge in [0.05, 0.1) is 18.3 Å². The lowest BCUT2D eigenvalue weighted by molar-refractivity contribution is -0.123. The van der Waals surface area contributed by atoms with Crippen molar-refractivity contribution in [2.75, 3.05) is 6.54 Å². The molecule has 0 aliphatic heterocycles. The zero-order valence-electron chi connectivity index (χ0n) is 25.8. The predicted octanol–water partition coefficient (Wildman–Crippen LogP) is 5.10. The standard InChI is InChI=1S/C36H41N7O2/c1-25-8-6-19-39-33(25)23-37-18-7-13-32(36(45)42-26(2)30-12-5-10-28-9-3-4-11-31(28)30)43-35(44)29-16-14-27(15-17-29)22-38-24-34-40-20-21-41-34/h3-6,8-12,14-17,19-21,26,32,37-38H,7,13,18,22-24H2,1-2H3,(H,40,41)(H,42,45)(H,43,44)/t26-,32-/m0/s1. The fraction of sp³-hybridized carbons (Fsp3) is 0.278. The maximum absolute atomic E-state index is 13.7. The summed E-state index contributed by atoms with van der Waals surface area (Å²) in [5.41, 5.74) is 4.73. The van der Waals surface area contributed by atoms with Crippen molar-refractivity contribution in [2.45, 2.75) is 58.4 Å². The van der Waals surface area contributed by atoms with Crippen molar-refractivity contribution in [2.24, 2.45) is 0 Å². The molecule has 0 fully saturated rings. The Balaban J connectivity index is 1.21. The largest absolute Gasteiger partial charge is 0.348 e. The van der Waals surface area contributed by atoms with E-state index >= 15 is 0 Å². The Morgan fingerprint density at radius 3 is 2.44 bits per heavy atom. The van der Waals surface area contributed by atoms with Crippen LogP contribution < -0.4 is 21.3 Å². The molecule has 2 atom stereocenters. The molecule has 0 aliphatic rings. The van der Waals surface area contributed by atoms with E-state index in [2.05, 4.69) is 54.4 Å². The highest BCUT2D eigenvalue weighted by Crippen LogP contribution is 2.24. The number of aryl methyl sites for hydroxylation is 1. The van der Waals surface area contributed by atoms with E-state index in [1.165, 1.54) is 0 Å². The fourth-order valence-corrected chi connectivity index (χ4v) is 5.37. The van der Waals surface area contributed by atoms with Crippen LogP contribution in [0.25, 0.3) is 10.8 Å². The molecule has 0 radical (unpaired) electrons. The molecule has 0 spiro atoms. The van der Waals surface area contributed by atoms with E-state index in [9.17, 15) is 9.59 Å². The van der Waals surface area contributed by atoms with Gasteiger partial charge < -0.3 is 26.3 Å². The van der Waals surface area contributed by atoms with Crippen LogP contribution in [0.2, 0.25) is 0 Å². The number of pyridine rings is 1. The van der Waals surface area contributed by atoms with Crippen LogP contribution in [-0.4, -0.2) is 39.4 Å². The normalized spacial score (nSPS) is 12.5. The number of H-pyrrole nitrogens is 1. The second-order valence-corrected chi connectivity index (χ2v) is 11.2. The number of carbonyl (C=O) groups is 2. The maximum Gasteiger partial charge on any atom is 0.251 e. The molecule has 0 aliphatic carbocycles. The summed E-state index contributed by atoms with van der Waals surface area (Å²) in [5, 5.41) is 15.1. The quantitative estimate of drug-likeness (QED) is 0.106. The van der Waals surface area contributed by atoms with Gasteiger partial charge in [0.2, 0.25) is 5.91 Å². The Labute approximate surface area is 264 Å². The average molecular weight is 604 g/mol. The van der Waals surface area contributed by atoms with Crippen LogP contribution in [0.1, 0.15) is 64.4 Å². The molecule has 2 amide bonds. The average Bonchev–Trinajstić information content (AvgIpc) is 3.58. The first-order chi connectivity index (χ1) is 22.0. The Bertz CT molecular complexity index is 1680. The van der Waals surface area contributed by atoms with Gasteiger partial charge in [0, 0.05) is 37.2 Å². The SMILES string of the molecule is Cc1cccnc1CNCCC[C@H](NC(=O)c1ccc(CNCc2ncc[nH]2)cc1)C(=O)N[C@@H](C)c1cccc2ccccc12. The minimum atomic E-state index is -0.692. The van der Waals surface area contributed by atoms with Crippen molar-refractivity contribution in [3.8, 4) is 0 Å². The molecule has 5 N–H and O–H groups in total. The summed E-state index contributed by atoms with van der Waals surface area (Å²) in [5.74, 6) is 0.385. The first-order valence-electron chi connectivity index (χ1n) is 15.5. The molecule has 9 nitrogen and oxygen atoms in total. The topological polar surface area (TPSA) is 124 Å². The van der Waals surface area contributed by atoms with Crippen LogP contribution in [0.5, 0.6) is 0 Å². The lowest BCUT2D eigenvalue weighted by atomic mass is 9.99. The third kappa shape index (κ3) is 8.84. The molecule has 5 aromatic rings. The number of aromatic amines is 1. The third-order valence-electron chi connectivity index (χ3n) is 7.92. The van der Waals surface area contributed by atoms with Gasteiger partial charge in [-0.15, -0.1) is 0 Å². The van der Waals surface area contributed by atoms with Crippen LogP contribution in [0.3, 0.4) is 0 Å². The zero-order valence-corrected chi connectivity index (χ0v) is 25.8. The fourth-order valence-electron chi connectivity index (χ4n) is 5.37. The van der Waals surface area contributed by atoms with Gasteiger partial charge in [0.15, 0.2) is 0 Å². The van der Waals surface area contributed by atoms with Crippen LogP contribution in [-0.2, 0) is 24.4 Å². The van der Waals surface area contributed by atoms with Crippen LogP contribution >= 0.6 is 0 Å². The number of carbonyl (C=O) groups excluding carboxylic acids is 2. The number of benzene rings is 3. The molecule has 232 valence electrons. The summed E-state index contributed by atoms with van der Waals surface area (Å²) in [6.07, 6.45) is 6.50. The maximum atomic E-state index is 13.7. The number of rotatable bonds is 15. The number of hydrogen-bond acceptors (Lipinski definition) is 6. The molecular formula is C36H41N7O2. The van der Waals surface area contributed by atoms with E-state index in [1.807, 2.05) is 62.4 Å². The molecule has 2 heterocycles. The van der Waals surface area contributed by atoms with E-state index in [4.69, 9.17) is 0 Å². The number of hydrogen-bond donors (Lipinski definition) is 5. The third-order valence-corrected chi connectivity index (χ3v) is 7.92. The Hall–Kier alpha value is -4.86. The number of nitrogens with one attached hydrogen (secondary N) is 5. The number of imidazole rings is 1. The van der Waals surface area contributed by atoms with Crippen molar-refractivity contribution in [1.82, 2.24) is 36.2 Å². The molecule has 0 bridgehead atoms. The second-order valence-electron chi connectivity index (χ2n) is 11.2. The van der Waals surface area contributed by atoms with Crippen LogP contribution in [0.15, 0.2) is 97.5 Å². The minimum Gasteiger partial charge on any atom is -0.348 e. The lowest BCUT2D eigenvalue weighted by Crippen LogP contribution is -2.47. The second kappa shape index (κ2) is 15.7. The van der Waals surface area contributed by atoms with Gasteiger partial charge in [-0.05, 0) is 78.9 Å². The number of fused-ring (bicyclic) bond motifs is 1. The van der Waals surface area contributed by atoms with E-state index in [1.54, 1.807) is 30.7 Å². The Morgan fingerprint density at radius 1 is 0.822 bits per heavy atom. The van der Waals surface area contributed by atoms with Gasteiger partial charge in [-0.25, -0.2) is 4.98 Å². The highest BCUT2D eigenvalue weighted by atomic mass is 16.2. The number of nitrogens with zero attached hydrogens (tertiary/aromatic N) is 2. The monoisotopic (exact) mass is 603 g/mol. The first kappa shape index (κ1) is 31.6. The molecular weight excluding hydrogens is 562 g/mol. The van der Waals surface area contributed by atoms with Gasteiger partial charge in [-0.1, -0.05) is 60.7 Å². The van der Waals surface area contributed by atoms with Gasteiger partial charge in [0.1, 0.15) is 11.9 Å². The Kier molecular flexibility index (Phi) is 11.0. The van der Waals surface area contributed by atoms with Crippen molar-refractivity contribution in [1.29, 1.82) is 0 Å². The van der Waals surface area contributed by atoms with Gasteiger partial charge in [-0.3, -0.25) is 14.6 Å². The predicted molar refractivity (Wildman–Crippen MR) is 177 cm³/mol. The van der Waals surface area contributed by atoms with E-state index in [0.717, 1.165) is 39.0 Å². The molecule has 0 unspecified atom stereocenters. The van der Waals surface area contributed by atoms with E-state index in [-0.39, 0.29) is 17.9 Å². The van der Waals surface area contributed by atoms with Crippen LogP contribution in [0, 0.1) is 6.92 Å². The molecule has 5 rings (SSSR count). The molecule has 2 aromatic heterocycles. The van der Waals surface area contributed by atoms with Crippen LogP contribution in [0.4, 0.5) is 0 Å². The van der Waals surface area contributed by atoms with Crippen molar-refractivity contribution < 1.29 is 9.59 Å². The summed E-state index contributed by atoms with van der Waals surface area (Å²) < 4.78 is 0. The zero-order chi connectivity index (χ0) is 31.4. The number of amides is 2. The highest BCUT2D eigenvalue weighted by molar-refractivity contribution is 5.97. The van der Waals surface area contributed by atoms with Crippen molar-refractivity contribution in [3.05, 3.63) is 131 Å². The van der Waals surface area contributed by atoms with Gasteiger partial charge >= 0.3 is 0 Å². The van der Waals surface area contributed by atoms with Crippen molar-refractivity contribution in [3.63, 3.8) is 0 Å². The number of aromatic nitrogens is 3. The molecule has 3 aromatic carbocycles. The minimum absolute atomic E-state index is 0.205. The lowest BCUT2D eigenvalue weighted by Gasteiger charge is -2.23. The molecule has 0 saturated carbocycles. The summed E-state index contributed by atoms with van der Waals surface area (Å²) >= 11 is 0. The highest BCUT2D eigenvalue weighted by Gasteiger charge is 2.23. The van der Waals surface area contributed by atoms with E-state index < -0.39 is 6.04 Å². The summed E-state index contributed by atoms with van der Waals surface area (Å²) in [6, 6.07) is 24.7. The van der Waals surface area contributed by atoms with Crippen molar-refractivity contribution >= 4 is 22.6 Å². The Morgan fingerprint density at radius 2 is 1.64 bits per heavy atom.